The summed E-state index contributed by atoms with van der Waals surface area (Å²) in [5.41, 5.74) is 1.65. The molecule has 0 aliphatic carbocycles. The molecule has 0 atom stereocenters. The highest BCUT2D eigenvalue weighted by molar-refractivity contribution is 6.01. The molecule has 2 N–H and O–H groups in total. The molecule has 1 saturated heterocycles. The molecule has 5 nitrogen and oxygen atoms in total. The van der Waals surface area contributed by atoms with Gasteiger partial charge in [-0.3, -0.25) is 0 Å². The van der Waals surface area contributed by atoms with E-state index in [9.17, 15) is 9.90 Å². The number of rotatable bonds is 2. The maximum Gasteiger partial charge on any atom is 0.321 e. The lowest BCUT2D eigenvalue weighted by atomic mass is 10.1. The summed E-state index contributed by atoms with van der Waals surface area (Å²) >= 11 is 0. The number of phenolic OH excluding ortho intramolecular Hbond substituents is 1. The number of piperazine rings is 1. The Labute approximate surface area is 152 Å². The van der Waals surface area contributed by atoms with Gasteiger partial charge in [0.05, 0.1) is 11.4 Å². The average Bonchev–Trinajstić information content (AvgIpc) is 2.69. The van der Waals surface area contributed by atoms with Gasteiger partial charge in [0.25, 0.3) is 0 Å². The third kappa shape index (κ3) is 3.16. The molecule has 0 saturated carbocycles. The Morgan fingerprint density at radius 1 is 0.846 bits per heavy atom. The number of benzene rings is 3. The summed E-state index contributed by atoms with van der Waals surface area (Å²) in [7, 11) is 0. The van der Waals surface area contributed by atoms with Gasteiger partial charge in [-0.2, -0.15) is 0 Å². The molecule has 2 amide bonds. The number of phenols is 1. The monoisotopic (exact) mass is 347 g/mol. The molecular formula is C21H21N3O2. The number of nitrogens with one attached hydrogen (secondary N) is 1. The van der Waals surface area contributed by atoms with E-state index in [1.54, 1.807) is 6.07 Å². The van der Waals surface area contributed by atoms with Crippen LogP contribution in [0.2, 0.25) is 0 Å². The molecular weight excluding hydrogens is 326 g/mol. The van der Waals surface area contributed by atoms with E-state index in [2.05, 4.69) is 10.2 Å². The average molecular weight is 347 g/mol. The Hall–Kier alpha value is -3.21. The summed E-state index contributed by atoms with van der Waals surface area (Å²) in [6.07, 6.45) is 0. The Balaban J connectivity index is 1.43. The largest absolute Gasteiger partial charge is 0.506 e. The predicted octanol–water partition coefficient (Wildman–Crippen LogP) is 3.90. The molecule has 0 unspecified atom stereocenters. The van der Waals surface area contributed by atoms with Crippen molar-refractivity contribution in [2.24, 2.45) is 0 Å². The number of anilines is 2. The zero-order valence-electron chi connectivity index (χ0n) is 14.4. The molecule has 0 bridgehead atoms. The Bertz CT molecular complexity index is 928. The Kier molecular flexibility index (Phi) is 4.35. The number of carbonyl (C=O) groups excluding carboxylic acids is 1. The Morgan fingerprint density at radius 2 is 1.54 bits per heavy atom. The third-order valence-corrected chi connectivity index (χ3v) is 4.82. The summed E-state index contributed by atoms with van der Waals surface area (Å²) in [4.78, 5) is 16.6. The van der Waals surface area contributed by atoms with Crippen LogP contribution in [0.4, 0.5) is 16.2 Å². The zero-order chi connectivity index (χ0) is 17.9. The number of amides is 2. The molecule has 1 fully saturated rings. The van der Waals surface area contributed by atoms with Gasteiger partial charge in [0.1, 0.15) is 5.75 Å². The maximum absolute atomic E-state index is 12.7. The SMILES string of the molecule is O=C(Nc1cccc2ccccc12)N1CCN(c2ccccc2O)CC1. The van der Waals surface area contributed by atoms with Crippen molar-refractivity contribution in [2.45, 2.75) is 0 Å². The first kappa shape index (κ1) is 16.3. The molecule has 1 heterocycles. The van der Waals surface area contributed by atoms with Crippen molar-refractivity contribution >= 4 is 28.2 Å². The second-order valence-corrected chi connectivity index (χ2v) is 6.42. The van der Waals surface area contributed by atoms with Crippen LogP contribution in [0.3, 0.4) is 0 Å². The quantitative estimate of drug-likeness (QED) is 0.739. The van der Waals surface area contributed by atoms with Gasteiger partial charge < -0.3 is 20.2 Å². The Morgan fingerprint density at radius 3 is 2.35 bits per heavy atom. The number of nitrogens with zero attached hydrogens (tertiary/aromatic N) is 2. The van der Waals surface area contributed by atoms with Crippen LogP contribution < -0.4 is 10.2 Å². The highest BCUT2D eigenvalue weighted by atomic mass is 16.3. The van der Waals surface area contributed by atoms with Gasteiger partial charge in [0, 0.05) is 31.6 Å². The van der Waals surface area contributed by atoms with E-state index in [0.29, 0.717) is 26.2 Å². The lowest BCUT2D eigenvalue weighted by Crippen LogP contribution is -2.50. The van der Waals surface area contributed by atoms with Gasteiger partial charge in [-0.05, 0) is 23.6 Å². The number of aromatic hydroxyl groups is 1. The number of hydrogen-bond acceptors (Lipinski definition) is 3. The molecule has 1 aliphatic rings. The molecule has 0 radical (unpaired) electrons. The lowest BCUT2D eigenvalue weighted by Gasteiger charge is -2.36. The van der Waals surface area contributed by atoms with Crippen LogP contribution >= 0.6 is 0 Å². The fraction of sp³-hybridized carbons (Fsp3) is 0.190. The minimum absolute atomic E-state index is 0.0849. The van der Waals surface area contributed by atoms with E-state index in [0.717, 1.165) is 22.1 Å². The zero-order valence-corrected chi connectivity index (χ0v) is 14.4. The molecule has 3 aromatic rings. The summed E-state index contributed by atoms with van der Waals surface area (Å²) in [6.45, 7) is 2.62. The molecule has 3 aromatic carbocycles. The van der Waals surface area contributed by atoms with Gasteiger partial charge in [-0.25, -0.2) is 4.79 Å². The number of urea groups is 1. The molecule has 26 heavy (non-hydrogen) atoms. The van der Waals surface area contributed by atoms with Crippen LogP contribution in [0.25, 0.3) is 10.8 Å². The van der Waals surface area contributed by atoms with Crippen LogP contribution in [0.1, 0.15) is 0 Å². The first-order valence-electron chi connectivity index (χ1n) is 8.79. The van der Waals surface area contributed by atoms with Crippen molar-refractivity contribution < 1.29 is 9.90 Å². The van der Waals surface area contributed by atoms with Crippen molar-refractivity contribution in [2.75, 3.05) is 36.4 Å². The third-order valence-electron chi connectivity index (χ3n) is 4.82. The van der Waals surface area contributed by atoms with E-state index in [4.69, 9.17) is 0 Å². The number of para-hydroxylation sites is 2. The standard InChI is InChI=1S/C21H21N3O2/c25-20-11-4-3-10-19(20)23-12-14-24(15-13-23)21(26)22-18-9-5-7-16-6-1-2-8-17(16)18/h1-11,25H,12-15H2,(H,22,26). The first-order valence-corrected chi connectivity index (χ1v) is 8.79. The topological polar surface area (TPSA) is 55.8 Å². The van der Waals surface area contributed by atoms with E-state index in [-0.39, 0.29) is 11.8 Å². The number of fused-ring (bicyclic) bond motifs is 1. The second kappa shape index (κ2) is 6.96. The van der Waals surface area contributed by atoms with Crippen molar-refractivity contribution in [3.8, 4) is 5.75 Å². The first-order chi connectivity index (χ1) is 12.7. The summed E-state index contributed by atoms with van der Waals surface area (Å²) in [5.74, 6) is 0.279. The van der Waals surface area contributed by atoms with Gasteiger partial charge in [-0.1, -0.05) is 48.5 Å². The summed E-state index contributed by atoms with van der Waals surface area (Å²) in [5, 5.41) is 15.2. The summed E-state index contributed by atoms with van der Waals surface area (Å²) < 4.78 is 0. The van der Waals surface area contributed by atoms with Gasteiger partial charge in [0.15, 0.2) is 0 Å². The lowest BCUT2D eigenvalue weighted by molar-refractivity contribution is 0.208. The van der Waals surface area contributed by atoms with Crippen molar-refractivity contribution in [3.05, 3.63) is 66.7 Å². The summed E-state index contributed by atoms with van der Waals surface area (Å²) in [6, 6.07) is 21.2. The van der Waals surface area contributed by atoms with E-state index >= 15 is 0 Å². The van der Waals surface area contributed by atoms with Crippen molar-refractivity contribution in [1.82, 2.24) is 4.90 Å². The van der Waals surface area contributed by atoms with Crippen molar-refractivity contribution in [1.29, 1.82) is 0 Å². The highest BCUT2D eigenvalue weighted by Gasteiger charge is 2.22. The second-order valence-electron chi connectivity index (χ2n) is 6.42. The molecule has 5 heteroatoms. The van der Waals surface area contributed by atoms with Crippen LogP contribution in [-0.2, 0) is 0 Å². The molecule has 132 valence electrons. The predicted molar refractivity (Wildman–Crippen MR) is 105 cm³/mol. The highest BCUT2D eigenvalue weighted by Crippen LogP contribution is 2.27. The maximum atomic E-state index is 12.7. The molecule has 1 aliphatic heterocycles. The number of carbonyl (C=O) groups is 1. The molecule has 0 aromatic heterocycles. The molecule has 0 spiro atoms. The van der Waals surface area contributed by atoms with Crippen LogP contribution in [0.5, 0.6) is 5.75 Å². The number of hydrogen-bond donors (Lipinski definition) is 2. The fourth-order valence-corrected chi connectivity index (χ4v) is 3.41. The fourth-order valence-electron chi connectivity index (χ4n) is 3.41. The van der Waals surface area contributed by atoms with Crippen LogP contribution in [0.15, 0.2) is 66.7 Å². The van der Waals surface area contributed by atoms with Crippen LogP contribution in [-0.4, -0.2) is 42.2 Å². The van der Waals surface area contributed by atoms with Gasteiger partial charge >= 0.3 is 6.03 Å². The van der Waals surface area contributed by atoms with Gasteiger partial charge in [-0.15, -0.1) is 0 Å². The van der Waals surface area contributed by atoms with E-state index in [1.165, 1.54) is 0 Å². The normalized spacial score (nSPS) is 14.5. The minimum atomic E-state index is -0.0849. The van der Waals surface area contributed by atoms with Crippen LogP contribution in [0, 0.1) is 0 Å². The van der Waals surface area contributed by atoms with Gasteiger partial charge in [0.2, 0.25) is 0 Å². The minimum Gasteiger partial charge on any atom is -0.506 e. The van der Waals surface area contributed by atoms with Crippen molar-refractivity contribution in [3.63, 3.8) is 0 Å². The smallest absolute Gasteiger partial charge is 0.321 e. The van der Waals surface area contributed by atoms with E-state index in [1.807, 2.05) is 65.6 Å². The van der Waals surface area contributed by atoms with E-state index < -0.39 is 0 Å². The molecule has 4 rings (SSSR count).